The largest absolute Gasteiger partial charge is 0.378 e. The van der Waals surface area contributed by atoms with E-state index in [2.05, 4.69) is 40.2 Å². The van der Waals surface area contributed by atoms with Crippen LogP contribution in [0, 0.1) is 0 Å². The van der Waals surface area contributed by atoms with Crippen LogP contribution in [0.5, 0.6) is 0 Å². The predicted molar refractivity (Wildman–Crippen MR) is 135 cm³/mol. The number of nitrogens with zero attached hydrogens (tertiary/aromatic N) is 7. The van der Waals surface area contributed by atoms with Gasteiger partial charge in [-0.25, -0.2) is 9.67 Å². The van der Waals surface area contributed by atoms with E-state index in [1.807, 2.05) is 15.8 Å². The van der Waals surface area contributed by atoms with Gasteiger partial charge in [0.05, 0.1) is 37.0 Å². The number of ether oxygens (including phenoxy) is 1. The summed E-state index contributed by atoms with van der Waals surface area (Å²) in [4.78, 5) is 28.2. The molecule has 1 aliphatic carbocycles. The van der Waals surface area contributed by atoms with Gasteiger partial charge in [0.2, 0.25) is 11.9 Å². The summed E-state index contributed by atoms with van der Waals surface area (Å²) in [7, 11) is 0. The topological polar surface area (TPSA) is 79.6 Å². The van der Waals surface area contributed by atoms with Crippen LogP contribution < -0.4 is 4.90 Å². The van der Waals surface area contributed by atoms with Crippen LogP contribution in [0.2, 0.25) is 0 Å². The van der Waals surface area contributed by atoms with Gasteiger partial charge in [-0.1, -0.05) is 24.3 Å². The van der Waals surface area contributed by atoms with E-state index in [0.29, 0.717) is 13.2 Å². The predicted octanol–water partition coefficient (Wildman–Crippen LogP) is 2.06. The molecule has 9 heteroatoms. The van der Waals surface area contributed by atoms with Gasteiger partial charge in [0, 0.05) is 58.3 Å². The molecular formula is C26H31N7O2. The molecule has 0 saturated carbocycles. The van der Waals surface area contributed by atoms with Crippen molar-refractivity contribution in [3.05, 3.63) is 41.6 Å². The number of hydrogen-bond acceptors (Lipinski definition) is 7. The number of hydrogen-bond donors (Lipinski definition) is 0. The average molecular weight is 474 g/mol. The Kier molecular flexibility index (Phi) is 5.95. The molecule has 1 aromatic carbocycles. The zero-order chi connectivity index (χ0) is 23.8. The lowest BCUT2D eigenvalue weighted by molar-refractivity contribution is -0.130. The minimum absolute atomic E-state index is 0.157. The lowest BCUT2D eigenvalue weighted by Crippen LogP contribution is -2.48. The lowest BCUT2D eigenvalue weighted by Gasteiger charge is -2.34. The highest BCUT2D eigenvalue weighted by atomic mass is 16.5. The van der Waals surface area contributed by atoms with E-state index in [4.69, 9.17) is 19.8 Å². The molecule has 3 aliphatic rings. The van der Waals surface area contributed by atoms with E-state index in [1.54, 1.807) is 6.92 Å². The minimum atomic E-state index is 0.157. The number of piperazine rings is 1. The fourth-order valence-electron chi connectivity index (χ4n) is 5.16. The van der Waals surface area contributed by atoms with Crippen LogP contribution in [0.1, 0.15) is 18.1 Å². The van der Waals surface area contributed by atoms with Crippen molar-refractivity contribution in [3.8, 4) is 11.3 Å². The van der Waals surface area contributed by atoms with Gasteiger partial charge >= 0.3 is 0 Å². The Morgan fingerprint density at radius 3 is 2.66 bits per heavy atom. The quantitative estimate of drug-likeness (QED) is 0.561. The zero-order valence-corrected chi connectivity index (χ0v) is 20.2. The van der Waals surface area contributed by atoms with Crippen LogP contribution in [0.4, 0.5) is 5.95 Å². The molecule has 2 aromatic heterocycles. The molecule has 9 nitrogen and oxygen atoms in total. The second kappa shape index (κ2) is 9.39. The Labute approximate surface area is 205 Å². The standard InChI is InChI=1S/C26H31N7O2/c1-19(34)31-10-7-30(8-11-31)9-12-33-25-23(18-27-33)24(22-6-5-20-3-2-4-21(20)17-22)28-26(29-25)32-13-15-35-16-14-32/h2-3,5-6,17-18H,4,7-16H2,1H3. The highest BCUT2D eigenvalue weighted by Crippen LogP contribution is 2.31. The molecule has 2 saturated heterocycles. The van der Waals surface area contributed by atoms with Crippen molar-refractivity contribution >= 4 is 29.0 Å². The molecule has 2 aliphatic heterocycles. The molecule has 0 bridgehead atoms. The Bertz CT molecular complexity index is 1270. The number of allylic oxidation sites excluding steroid dienone is 1. The van der Waals surface area contributed by atoms with Crippen LogP contribution in [-0.4, -0.2) is 94.5 Å². The summed E-state index contributed by atoms with van der Waals surface area (Å²) >= 11 is 0. The summed E-state index contributed by atoms with van der Waals surface area (Å²) in [5, 5.41) is 5.72. The zero-order valence-electron chi connectivity index (χ0n) is 20.2. The maximum atomic E-state index is 11.6. The second-order valence-electron chi connectivity index (χ2n) is 9.44. The Balaban J connectivity index is 1.31. The Hall–Kier alpha value is -3.30. The molecule has 0 N–H and O–H groups in total. The fourth-order valence-corrected chi connectivity index (χ4v) is 5.16. The van der Waals surface area contributed by atoms with Crippen molar-refractivity contribution in [1.29, 1.82) is 0 Å². The van der Waals surface area contributed by atoms with Crippen molar-refractivity contribution < 1.29 is 9.53 Å². The average Bonchev–Trinajstić information content (AvgIpc) is 3.54. The molecule has 0 spiro atoms. The van der Waals surface area contributed by atoms with Gasteiger partial charge in [0.1, 0.15) is 0 Å². The summed E-state index contributed by atoms with van der Waals surface area (Å²) in [5.41, 5.74) is 5.53. The molecule has 1 amide bonds. The first-order chi connectivity index (χ1) is 17.2. The highest BCUT2D eigenvalue weighted by Gasteiger charge is 2.22. The SMILES string of the molecule is CC(=O)N1CCN(CCn2ncc3c(-c4ccc5c(c4)CC=C5)nc(N4CCOCC4)nc32)CC1. The van der Waals surface area contributed by atoms with Gasteiger partial charge in [-0.3, -0.25) is 9.69 Å². The first-order valence-corrected chi connectivity index (χ1v) is 12.5. The number of aromatic nitrogens is 4. The van der Waals surface area contributed by atoms with Gasteiger partial charge in [-0.2, -0.15) is 10.1 Å². The maximum absolute atomic E-state index is 11.6. The molecule has 0 atom stereocenters. The van der Waals surface area contributed by atoms with Crippen molar-refractivity contribution in [2.24, 2.45) is 0 Å². The number of fused-ring (bicyclic) bond motifs is 2. The van der Waals surface area contributed by atoms with E-state index in [-0.39, 0.29) is 5.91 Å². The van der Waals surface area contributed by atoms with E-state index >= 15 is 0 Å². The monoisotopic (exact) mass is 473 g/mol. The van der Waals surface area contributed by atoms with E-state index < -0.39 is 0 Å². The van der Waals surface area contributed by atoms with Crippen molar-refractivity contribution in [2.45, 2.75) is 19.9 Å². The third kappa shape index (κ3) is 4.41. The first kappa shape index (κ1) is 22.2. The molecule has 35 heavy (non-hydrogen) atoms. The van der Waals surface area contributed by atoms with Gasteiger partial charge in [0.25, 0.3) is 0 Å². The van der Waals surface area contributed by atoms with Crippen molar-refractivity contribution in [3.63, 3.8) is 0 Å². The molecular weight excluding hydrogens is 442 g/mol. The van der Waals surface area contributed by atoms with Crippen LogP contribution in [0.15, 0.2) is 30.5 Å². The third-order valence-electron chi connectivity index (χ3n) is 7.28. The van der Waals surface area contributed by atoms with Gasteiger partial charge in [0.15, 0.2) is 5.65 Å². The van der Waals surface area contributed by atoms with Gasteiger partial charge < -0.3 is 14.5 Å². The Morgan fingerprint density at radius 2 is 1.86 bits per heavy atom. The highest BCUT2D eigenvalue weighted by molar-refractivity contribution is 5.91. The second-order valence-corrected chi connectivity index (χ2v) is 9.44. The lowest BCUT2D eigenvalue weighted by atomic mass is 10.0. The molecule has 0 radical (unpaired) electrons. The number of anilines is 1. The third-order valence-corrected chi connectivity index (χ3v) is 7.28. The van der Waals surface area contributed by atoms with E-state index in [9.17, 15) is 4.79 Å². The first-order valence-electron chi connectivity index (χ1n) is 12.5. The number of benzene rings is 1. The molecule has 0 unspecified atom stereocenters. The van der Waals surface area contributed by atoms with Crippen LogP contribution in [-0.2, 0) is 22.5 Å². The molecule has 2 fully saturated rings. The number of carbonyl (C=O) groups is 1. The number of amides is 1. The van der Waals surface area contributed by atoms with Crippen LogP contribution in [0.25, 0.3) is 28.4 Å². The molecule has 6 rings (SSSR count). The summed E-state index contributed by atoms with van der Waals surface area (Å²) < 4.78 is 7.57. The van der Waals surface area contributed by atoms with Crippen LogP contribution in [0.3, 0.4) is 0 Å². The summed E-state index contributed by atoms with van der Waals surface area (Å²) in [6.07, 6.45) is 7.26. The van der Waals surface area contributed by atoms with Gasteiger partial charge in [-0.15, -0.1) is 0 Å². The van der Waals surface area contributed by atoms with E-state index in [0.717, 1.165) is 87.0 Å². The smallest absolute Gasteiger partial charge is 0.228 e. The number of carbonyl (C=O) groups excluding carboxylic acids is 1. The normalized spacial score (nSPS) is 18.4. The minimum Gasteiger partial charge on any atom is -0.378 e. The number of rotatable bonds is 5. The molecule has 4 heterocycles. The van der Waals surface area contributed by atoms with Crippen molar-refractivity contribution in [2.75, 3.05) is 63.9 Å². The molecule has 182 valence electrons. The summed E-state index contributed by atoms with van der Waals surface area (Å²) in [6.45, 7) is 9.57. The van der Waals surface area contributed by atoms with E-state index in [1.165, 1.54) is 11.1 Å². The Morgan fingerprint density at radius 1 is 1.03 bits per heavy atom. The van der Waals surface area contributed by atoms with Gasteiger partial charge in [-0.05, 0) is 23.6 Å². The summed E-state index contributed by atoms with van der Waals surface area (Å²) in [6, 6.07) is 6.60. The van der Waals surface area contributed by atoms with Crippen molar-refractivity contribution in [1.82, 2.24) is 29.5 Å². The number of morpholine rings is 1. The summed E-state index contributed by atoms with van der Waals surface area (Å²) in [5.74, 6) is 0.899. The maximum Gasteiger partial charge on any atom is 0.228 e. The fraction of sp³-hybridized carbons (Fsp3) is 0.462. The van der Waals surface area contributed by atoms with Crippen LogP contribution >= 0.6 is 0 Å². The molecule has 3 aromatic rings.